The van der Waals surface area contributed by atoms with Gasteiger partial charge in [-0.2, -0.15) is 4.98 Å². The molecule has 5 N–H and O–H groups in total. The van der Waals surface area contributed by atoms with E-state index in [2.05, 4.69) is 25.9 Å². The number of carbonyl (C=O) groups excluding carboxylic acids is 1. The minimum atomic E-state index is -0.538. The number of nitrogen functional groups attached to an aromatic ring is 1. The summed E-state index contributed by atoms with van der Waals surface area (Å²) in [7, 11) is 0. The van der Waals surface area contributed by atoms with Gasteiger partial charge in [-0.15, -0.1) is 0 Å². The third-order valence-corrected chi connectivity index (χ3v) is 3.87. The number of hydrogen-bond donors (Lipinski definition) is 4. The lowest BCUT2D eigenvalue weighted by molar-refractivity contribution is 0.0523. The zero-order valence-corrected chi connectivity index (χ0v) is 17.3. The van der Waals surface area contributed by atoms with Crippen LogP contribution in [0.2, 0.25) is 0 Å². The monoisotopic (exact) mass is 406 g/mol. The summed E-state index contributed by atoms with van der Waals surface area (Å²) in [6.45, 7) is 5.81. The third-order valence-electron chi connectivity index (χ3n) is 3.87. The van der Waals surface area contributed by atoms with Gasteiger partial charge in [0.05, 0.1) is 11.9 Å². The quantitative estimate of drug-likeness (QED) is 0.474. The summed E-state index contributed by atoms with van der Waals surface area (Å²) in [5, 5.41) is 9.09. The molecule has 0 atom stereocenters. The van der Waals surface area contributed by atoms with Crippen molar-refractivity contribution in [2.75, 3.05) is 16.4 Å². The molecule has 0 aliphatic rings. The van der Waals surface area contributed by atoms with Gasteiger partial charge >= 0.3 is 6.09 Å². The van der Waals surface area contributed by atoms with Crippen LogP contribution in [0.25, 0.3) is 0 Å². The molecule has 8 heteroatoms. The second kappa shape index (κ2) is 9.13. The van der Waals surface area contributed by atoms with Crippen LogP contribution < -0.4 is 21.7 Å². The van der Waals surface area contributed by atoms with Gasteiger partial charge in [0.1, 0.15) is 5.60 Å². The Hall–Kier alpha value is -3.81. The maximum Gasteiger partial charge on any atom is 0.407 e. The van der Waals surface area contributed by atoms with Crippen molar-refractivity contribution in [1.82, 2.24) is 15.3 Å². The predicted molar refractivity (Wildman–Crippen MR) is 119 cm³/mol. The van der Waals surface area contributed by atoms with E-state index >= 15 is 0 Å². The highest BCUT2D eigenvalue weighted by Gasteiger charge is 2.15. The van der Waals surface area contributed by atoms with E-state index in [4.69, 9.17) is 10.5 Å². The Bertz CT molecular complexity index is 1000. The SMILES string of the molecule is CC(C)(C)OC(=O)NCc1cccc(Nc2nc(Nc3ccccc3)ncc2N)c1. The topological polar surface area (TPSA) is 114 Å². The Morgan fingerprint density at radius 2 is 1.77 bits per heavy atom. The van der Waals surface area contributed by atoms with Gasteiger partial charge in [0.2, 0.25) is 5.95 Å². The Labute approximate surface area is 175 Å². The summed E-state index contributed by atoms with van der Waals surface area (Å²) in [5.41, 5.74) is 8.49. The molecule has 1 aromatic heterocycles. The van der Waals surface area contributed by atoms with E-state index in [1.54, 1.807) is 6.20 Å². The van der Waals surface area contributed by atoms with Gasteiger partial charge in [-0.1, -0.05) is 30.3 Å². The molecule has 1 amide bonds. The Morgan fingerprint density at radius 3 is 2.50 bits per heavy atom. The zero-order chi connectivity index (χ0) is 21.6. The number of ether oxygens (including phenoxy) is 1. The van der Waals surface area contributed by atoms with Crippen molar-refractivity contribution < 1.29 is 9.53 Å². The number of aromatic nitrogens is 2. The number of rotatable bonds is 6. The number of nitrogens with zero attached hydrogens (tertiary/aromatic N) is 2. The molecule has 3 rings (SSSR count). The molecular formula is C22H26N6O2. The molecule has 0 spiro atoms. The Morgan fingerprint density at radius 1 is 1.03 bits per heavy atom. The van der Waals surface area contributed by atoms with Crippen molar-refractivity contribution in [3.8, 4) is 0 Å². The fourth-order valence-electron chi connectivity index (χ4n) is 2.59. The first-order valence-electron chi connectivity index (χ1n) is 9.56. The minimum absolute atomic E-state index is 0.338. The molecule has 0 unspecified atom stereocenters. The maximum absolute atomic E-state index is 11.9. The van der Waals surface area contributed by atoms with Crippen LogP contribution in [0.4, 0.5) is 33.6 Å². The van der Waals surface area contributed by atoms with Crippen molar-refractivity contribution in [1.29, 1.82) is 0 Å². The Kier molecular flexibility index (Phi) is 6.36. The first-order chi connectivity index (χ1) is 14.3. The van der Waals surface area contributed by atoms with Crippen LogP contribution in [0.3, 0.4) is 0 Å². The maximum atomic E-state index is 11.9. The van der Waals surface area contributed by atoms with Crippen molar-refractivity contribution in [2.45, 2.75) is 32.9 Å². The fourth-order valence-corrected chi connectivity index (χ4v) is 2.59. The van der Waals surface area contributed by atoms with E-state index < -0.39 is 11.7 Å². The molecule has 0 aliphatic carbocycles. The second-order valence-corrected chi connectivity index (χ2v) is 7.67. The minimum Gasteiger partial charge on any atom is -0.444 e. The number of nitrogens with two attached hydrogens (primary N) is 1. The van der Waals surface area contributed by atoms with Crippen molar-refractivity contribution in [2.24, 2.45) is 0 Å². The average Bonchev–Trinajstić information content (AvgIpc) is 2.69. The van der Waals surface area contributed by atoms with Crippen LogP contribution in [-0.2, 0) is 11.3 Å². The number of nitrogens with one attached hydrogen (secondary N) is 3. The number of carbonyl (C=O) groups is 1. The summed E-state index contributed by atoms with van der Waals surface area (Å²) in [4.78, 5) is 20.5. The summed E-state index contributed by atoms with van der Waals surface area (Å²) >= 11 is 0. The second-order valence-electron chi connectivity index (χ2n) is 7.67. The standard InChI is InChI=1S/C22H26N6O2/c1-22(2,3)30-21(29)25-13-15-8-7-11-17(12-15)26-19-18(23)14-24-20(28-19)27-16-9-5-4-6-10-16/h4-12,14H,13,23H2,1-3H3,(H,25,29)(H2,24,26,27,28). The molecule has 0 bridgehead atoms. The molecule has 0 saturated heterocycles. The van der Waals surface area contributed by atoms with Crippen LogP contribution >= 0.6 is 0 Å². The van der Waals surface area contributed by atoms with Gasteiger partial charge in [0.15, 0.2) is 5.82 Å². The molecule has 30 heavy (non-hydrogen) atoms. The fraction of sp³-hybridized carbons (Fsp3) is 0.227. The van der Waals surface area contributed by atoms with Crippen molar-refractivity contribution in [3.05, 3.63) is 66.4 Å². The number of alkyl carbamates (subject to hydrolysis) is 1. The summed E-state index contributed by atoms with van der Waals surface area (Å²) in [6.07, 6.45) is 1.09. The van der Waals surface area contributed by atoms with Crippen LogP contribution in [0.15, 0.2) is 60.8 Å². The van der Waals surface area contributed by atoms with Crippen molar-refractivity contribution >= 4 is 34.9 Å². The molecule has 0 radical (unpaired) electrons. The molecular weight excluding hydrogens is 380 g/mol. The van der Waals surface area contributed by atoms with Gasteiger partial charge in [0.25, 0.3) is 0 Å². The van der Waals surface area contributed by atoms with E-state index in [0.29, 0.717) is 24.0 Å². The molecule has 0 saturated carbocycles. The van der Waals surface area contributed by atoms with E-state index in [0.717, 1.165) is 16.9 Å². The molecule has 3 aromatic rings. The Balaban J connectivity index is 1.67. The van der Waals surface area contributed by atoms with Crippen molar-refractivity contribution in [3.63, 3.8) is 0 Å². The number of anilines is 5. The molecule has 8 nitrogen and oxygen atoms in total. The molecule has 2 aromatic carbocycles. The predicted octanol–water partition coefficient (Wildman–Crippen LogP) is 4.57. The molecule has 0 fully saturated rings. The normalized spacial score (nSPS) is 10.9. The number of benzene rings is 2. The van der Waals surface area contributed by atoms with Gasteiger partial charge in [-0.25, -0.2) is 9.78 Å². The number of para-hydroxylation sites is 1. The first-order valence-corrected chi connectivity index (χ1v) is 9.56. The van der Waals surface area contributed by atoms with Crippen LogP contribution in [0.5, 0.6) is 0 Å². The van der Waals surface area contributed by atoms with Crippen LogP contribution in [0.1, 0.15) is 26.3 Å². The van der Waals surface area contributed by atoms with E-state index in [9.17, 15) is 4.79 Å². The average molecular weight is 406 g/mol. The molecule has 0 aliphatic heterocycles. The van der Waals surface area contributed by atoms with E-state index in [1.807, 2.05) is 75.4 Å². The highest BCUT2D eigenvalue weighted by molar-refractivity contribution is 5.70. The lowest BCUT2D eigenvalue weighted by Gasteiger charge is -2.19. The third kappa shape index (κ3) is 6.37. The molecule has 156 valence electrons. The summed E-state index contributed by atoms with van der Waals surface area (Å²) in [6, 6.07) is 17.2. The first kappa shape index (κ1) is 20.9. The lowest BCUT2D eigenvalue weighted by atomic mass is 10.2. The van der Waals surface area contributed by atoms with Crippen LogP contribution in [0, 0.1) is 0 Å². The highest BCUT2D eigenvalue weighted by atomic mass is 16.6. The largest absolute Gasteiger partial charge is 0.444 e. The molecule has 1 heterocycles. The number of hydrogen-bond acceptors (Lipinski definition) is 7. The van der Waals surface area contributed by atoms with E-state index in [1.165, 1.54) is 0 Å². The number of amides is 1. The highest BCUT2D eigenvalue weighted by Crippen LogP contribution is 2.23. The van der Waals surface area contributed by atoms with Gasteiger partial charge in [0, 0.05) is 17.9 Å². The van der Waals surface area contributed by atoms with Gasteiger partial charge in [-0.05, 0) is 50.6 Å². The summed E-state index contributed by atoms with van der Waals surface area (Å²) in [5.74, 6) is 0.918. The van der Waals surface area contributed by atoms with Gasteiger partial charge < -0.3 is 26.4 Å². The summed E-state index contributed by atoms with van der Waals surface area (Å²) < 4.78 is 5.26. The lowest BCUT2D eigenvalue weighted by Crippen LogP contribution is -2.32. The van der Waals surface area contributed by atoms with E-state index in [-0.39, 0.29) is 0 Å². The smallest absolute Gasteiger partial charge is 0.407 e. The van der Waals surface area contributed by atoms with Gasteiger partial charge in [-0.3, -0.25) is 0 Å². The zero-order valence-electron chi connectivity index (χ0n) is 17.3. The van der Waals surface area contributed by atoms with Crippen LogP contribution in [-0.4, -0.2) is 21.7 Å².